The lowest BCUT2D eigenvalue weighted by molar-refractivity contribution is -0.121. The molecule has 0 aromatic heterocycles. The zero-order valence-corrected chi connectivity index (χ0v) is 15.5. The molecule has 1 unspecified atom stereocenters. The van der Waals surface area contributed by atoms with Crippen LogP contribution in [-0.2, 0) is 14.6 Å². The molecule has 2 rings (SSSR count). The van der Waals surface area contributed by atoms with Gasteiger partial charge in [0.15, 0.2) is 14.9 Å². The van der Waals surface area contributed by atoms with Crippen LogP contribution in [0.5, 0.6) is 0 Å². The molecule has 0 aliphatic carbocycles. The molecule has 3 N–H and O–H groups in total. The summed E-state index contributed by atoms with van der Waals surface area (Å²) in [6.07, 6.45) is 0.736. The maximum atomic E-state index is 11.8. The van der Waals surface area contributed by atoms with E-state index in [1.165, 1.54) is 0 Å². The van der Waals surface area contributed by atoms with Crippen LogP contribution in [-0.4, -0.2) is 43.5 Å². The summed E-state index contributed by atoms with van der Waals surface area (Å²) in [5, 5.41) is 9.28. The maximum absolute atomic E-state index is 11.8. The van der Waals surface area contributed by atoms with E-state index in [-0.39, 0.29) is 29.9 Å². The smallest absolute Gasteiger partial charge is 0.222 e. The third-order valence-electron chi connectivity index (χ3n) is 3.71. The summed E-state index contributed by atoms with van der Waals surface area (Å²) in [5.41, 5.74) is 3.20. The third-order valence-corrected chi connectivity index (χ3v) is 5.73. The van der Waals surface area contributed by atoms with Crippen LogP contribution in [0.4, 0.5) is 5.69 Å². The van der Waals surface area contributed by atoms with E-state index in [0.29, 0.717) is 18.1 Å². The highest BCUT2D eigenvalue weighted by Crippen LogP contribution is 2.13. The number of anilines is 1. The largest absolute Gasteiger partial charge is 0.362 e. The number of benzene rings is 1. The molecule has 6 nitrogen and oxygen atoms in total. The molecule has 1 fully saturated rings. The molecule has 0 bridgehead atoms. The Morgan fingerprint density at radius 3 is 2.50 bits per heavy atom. The topological polar surface area (TPSA) is 87.3 Å². The van der Waals surface area contributed by atoms with Crippen molar-refractivity contribution >= 4 is 38.8 Å². The van der Waals surface area contributed by atoms with Gasteiger partial charge in [-0.2, -0.15) is 0 Å². The van der Waals surface area contributed by atoms with Crippen LogP contribution >= 0.6 is 12.2 Å². The van der Waals surface area contributed by atoms with Crippen LogP contribution in [0.1, 0.15) is 24.0 Å². The number of carbonyl (C=O) groups is 1. The average Bonchev–Trinajstić information content (AvgIpc) is 2.76. The second-order valence-corrected chi connectivity index (χ2v) is 8.81. The zero-order valence-electron chi connectivity index (χ0n) is 13.9. The first-order valence-electron chi connectivity index (χ1n) is 7.86. The molecule has 0 radical (unpaired) electrons. The van der Waals surface area contributed by atoms with Crippen LogP contribution < -0.4 is 16.0 Å². The molecule has 1 aliphatic rings. The molecule has 0 spiro atoms. The fourth-order valence-electron chi connectivity index (χ4n) is 2.72. The Hall–Kier alpha value is -1.67. The second-order valence-electron chi connectivity index (χ2n) is 6.17. The molecule has 1 aliphatic heterocycles. The minimum atomic E-state index is -2.98. The van der Waals surface area contributed by atoms with Crippen LogP contribution in [0, 0.1) is 13.8 Å². The number of thiocarbonyl (C=S) groups is 1. The van der Waals surface area contributed by atoms with Gasteiger partial charge in [-0.1, -0.05) is 6.07 Å². The lowest BCUT2D eigenvalue weighted by atomic mass is 10.1. The highest BCUT2D eigenvalue weighted by atomic mass is 32.2. The summed E-state index contributed by atoms with van der Waals surface area (Å²) in [7, 11) is -2.98. The minimum absolute atomic E-state index is 0.0405. The Morgan fingerprint density at radius 2 is 1.92 bits per heavy atom. The predicted molar refractivity (Wildman–Crippen MR) is 100.0 cm³/mol. The van der Waals surface area contributed by atoms with Crippen molar-refractivity contribution < 1.29 is 13.2 Å². The van der Waals surface area contributed by atoms with Gasteiger partial charge in [0.1, 0.15) is 0 Å². The van der Waals surface area contributed by atoms with Crippen LogP contribution in [0.25, 0.3) is 0 Å². The molecule has 24 heavy (non-hydrogen) atoms. The fourth-order valence-corrected chi connectivity index (χ4v) is 4.61. The van der Waals surface area contributed by atoms with Gasteiger partial charge in [-0.05, 0) is 55.7 Å². The summed E-state index contributed by atoms with van der Waals surface area (Å²) in [4.78, 5) is 11.8. The number of sulfone groups is 1. The molecular weight excluding hydrogens is 346 g/mol. The van der Waals surface area contributed by atoms with Crippen LogP contribution in [0.2, 0.25) is 0 Å². The van der Waals surface area contributed by atoms with Crippen LogP contribution in [0.3, 0.4) is 0 Å². The first-order valence-corrected chi connectivity index (χ1v) is 10.1. The highest BCUT2D eigenvalue weighted by molar-refractivity contribution is 7.91. The van der Waals surface area contributed by atoms with Crippen molar-refractivity contribution in [2.24, 2.45) is 0 Å². The molecule has 1 saturated heterocycles. The van der Waals surface area contributed by atoms with Crippen molar-refractivity contribution in [1.29, 1.82) is 0 Å². The van der Waals surface area contributed by atoms with Gasteiger partial charge >= 0.3 is 0 Å². The minimum Gasteiger partial charge on any atom is -0.362 e. The van der Waals surface area contributed by atoms with E-state index in [1.54, 1.807) is 0 Å². The summed E-state index contributed by atoms with van der Waals surface area (Å²) < 4.78 is 22.7. The first-order chi connectivity index (χ1) is 11.2. The van der Waals surface area contributed by atoms with Crippen molar-refractivity contribution in [1.82, 2.24) is 10.6 Å². The van der Waals surface area contributed by atoms with Crippen molar-refractivity contribution in [2.45, 2.75) is 32.7 Å². The van der Waals surface area contributed by atoms with Gasteiger partial charge in [-0.15, -0.1) is 0 Å². The number of amides is 1. The Morgan fingerprint density at radius 1 is 1.25 bits per heavy atom. The number of hydrogen-bond acceptors (Lipinski definition) is 4. The predicted octanol–water partition coefficient (Wildman–Crippen LogP) is 1.28. The van der Waals surface area contributed by atoms with Crippen molar-refractivity contribution in [3.63, 3.8) is 0 Å². The molecule has 132 valence electrons. The summed E-state index contributed by atoms with van der Waals surface area (Å²) in [6, 6.07) is 5.81. The summed E-state index contributed by atoms with van der Waals surface area (Å²) in [5.74, 6) is 0.0256. The maximum Gasteiger partial charge on any atom is 0.222 e. The average molecular weight is 370 g/mol. The molecule has 1 atom stereocenters. The third kappa shape index (κ3) is 6.09. The second kappa shape index (κ2) is 7.94. The Bertz CT molecular complexity index is 712. The number of rotatable bonds is 5. The van der Waals surface area contributed by atoms with Gasteiger partial charge in [0, 0.05) is 24.7 Å². The fraction of sp³-hybridized carbons (Fsp3) is 0.500. The Balaban J connectivity index is 1.69. The van der Waals surface area contributed by atoms with Gasteiger partial charge < -0.3 is 16.0 Å². The van der Waals surface area contributed by atoms with Gasteiger partial charge in [-0.25, -0.2) is 8.42 Å². The SMILES string of the molecule is Cc1cc(C)cc(NC(=S)NCCC(=O)NC2CCS(=O)(=O)C2)c1. The van der Waals surface area contributed by atoms with E-state index in [4.69, 9.17) is 12.2 Å². The van der Waals surface area contributed by atoms with E-state index in [0.717, 1.165) is 16.8 Å². The van der Waals surface area contributed by atoms with Gasteiger partial charge in [0.05, 0.1) is 11.5 Å². The van der Waals surface area contributed by atoms with E-state index in [1.807, 2.05) is 26.0 Å². The Kier molecular flexibility index (Phi) is 6.17. The molecule has 1 aromatic rings. The monoisotopic (exact) mass is 369 g/mol. The molecule has 1 heterocycles. The molecule has 0 saturated carbocycles. The van der Waals surface area contributed by atoms with E-state index in [2.05, 4.69) is 22.0 Å². The first kappa shape index (κ1) is 18.7. The van der Waals surface area contributed by atoms with Crippen LogP contribution in [0.15, 0.2) is 18.2 Å². The van der Waals surface area contributed by atoms with Gasteiger partial charge in [0.25, 0.3) is 0 Å². The molecule has 1 amide bonds. The zero-order chi connectivity index (χ0) is 17.7. The van der Waals surface area contributed by atoms with Gasteiger partial charge in [-0.3, -0.25) is 4.79 Å². The Labute approximate surface area is 148 Å². The summed E-state index contributed by atoms with van der Waals surface area (Å²) >= 11 is 5.21. The quantitative estimate of drug-likeness (QED) is 0.678. The van der Waals surface area contributed by atoms with Crippen molar-refractivity contribution in [2.75, 3.05) is 23.4 Å². The molecule has 1 aromatic carbocycles. The van der Waals surface area contributed by atoms with Crippen molar-refractivity contribution in [3.8, 4) is 0 Å². The van der Waals surface area contributed by atoms with E-state index < -0.39 is 9.84 Å². The lowest BCUT2D eigenvalue weighted by Crippen LogP contribution is -2.38. The summed E-state index contributed by atoms with van der Waals surface area (Å²) in [6.45, 7) is 4.42. The molecular formula is C16H23N3O3S2. The van der Waals surface area contributed by atoms with E-state index in [9.17, 15) is 13.2 Å². The van der Waals surface area contributed by atoms with E-state index >= 15 is 0 Å². The van der Waals surface area contributed by atoms with Gasteiger partial charge in [0.2, 0.25) is 5.91 Å². The molecule has 8 heteroatoms. The number of aryl methyl sites for hydroxylation is 2. The standard InChI is InChI=1S/C16H23N3O3S2/c1-11-7-12(2)9-14(8-11)19-16(23)17-5-3-15(20)18-13-4-6-24(21,22)10-13/h7-9,13H,3-6,10H2,1-2H3,(H,18,20)(H2,17,19,23). The number of nitrogens with one attached hydrogen (secondary N) is 3. The number of carbonyl (C=O) groups excluding carboxylic acids is 1. The van der Waals surface area contributed by atoms with Crippen molar-refractivity contribution in [3.05, 3.63) is 29.3 Å². The lowest BCUT2D eigenvalue weighted by Gasteiger charge is -2.13. The number of hydrogen-bond donors (Lipinski definition) is 3. The highest BCUT2D eigenvalue weighted by Gasteiger charge is 2.28. The normalized spacial score (nSPS) is 18.8.